The minimum Gasteiger partial charge on any atom is -0.876 e. The minimum absolute atomic E-state index is 0.0833. The fourth-order valence-corrected chi connectivity index (χ4v) is 0.673. The van der Waals surface area contributed by atoms with E-state index >= 15 is 0 Å². The highest BCUT2D eigenvalue weighted by Gasteiger charge is 1.92. The summed E-state index contributed by atoms with van der Waals surface area (Å²) in [5, 5.41) is 9.33. The fourth-order valence-electron chi connectivity index (χ4n) is 0.673. The van der Waals surface area contributed by atoms with Crippen molar-refractivity contribution in [3.8, 4) is 0 Å². The zero-order chi connectivity index (χ0) is 10.3. The fraction of sp³-hybridized carbons (Fsp3) is 0.182. The third kappa shape index (κ3) is 6.81. The molecule has 0 heterocycles. The predicted molar refractivity (Wildman–Crippen MR) is 51.3 cm³/mol. The molecular weight excluding hydrogens is 164 g/mol. The van der Waals surface area contributed by atoms with E-state index in [4.69, 9.17) is 0 Å². The summed E-state index contributed by atoms with van der Waals surface area (Å²) in [6.45, 7) is 5.98. The summed E-state index contributed by atoms with van der Waals surface area (Å²) in [6, 6.07) is 9.23. The van der Waals surface area contributed by atoms with Crippen molar-refractivity contribution in [2.75, 3.05) is 0 Å². The Kier molecular flexibility index (Phi) is 5.28. The normalized spacial score (nSPS) is 8.15. The Morgan fingerprint density at radius 2 is 1.62 bits per heavy atom. The lowest BCUT2D eigenvalue weighted by molar-refractivity contribution is -0.300. The predicted octanol–water partition coefficient (Wildman–Crippen LogP) is 1.77. The van der Waals surface area contributed by atoms with Crippen LogP contribution < -0.4 is 5.11 Å². The second-order valence-electron chi connectivity index (χ2n) is 2.62. The number of hydrogen-bond acceptors (Lipinski definition) is 2. The van der Waals surface area contributed by atoms with Gasteiger partial charge in [0.15, 0.2) is 5.78 Å². The second kappa shape index (κ2) is 6.00. The summed E-state index contributed by atoms with van der Waals surface area (Å²) >= 11 is 0. The van der Waals surface area contributed by atoms with Crippen LogP contribution in [0.3, 0.4) is 0 Å². The summed E-state index contributed by atoms with van der Waals surface area (Å²) < 4.78 is 0. The van der Waals surface area contributed by atoms with Crippen LogP contribution in [0.1, 0.15) is 24.2 Å². The molecule has 2 nitrogen and oxygen atoms in total. The number of carbonyl (C=O) groups excluding carboxylic acids is 1. The van der Waals surface area contributed by atoms with Crippen LogP contribution in [0, 0.1) is 0 Å². The van der Waals surface area contributed by atoms with E-state index in [2.05, 4.69) is 6.58 Å². The Balaban J connectivity index is 0.000000310. The van der Waals surface area contributed by atoms with E-state index in [9.17, 15) is 9.90 Å². The van der Waals surface area contributed by atoms with E-state index in [0.29, 0.717) is 0 Å². The van der Waals surface area contributed by atoms with E-state index in [0.717, 1.165) is 5.56 Å². The van der Waals surface area contributed by atoms with Crippen molar-refractivity contribution in [3.63, 3.8) is 0 Å². The van der Waals surface area contributed by atoms with Gasteiger partial charge < -0.3 is 5.11 Å². The van der Waals surface area contributed by atoms with E-state index in [1.165, 1.54) is 6.92 Å². The van der Waals surface area contributed by atoms with Crippen molar-refractivity contribution in [2.24, 2.45) is 0 Å². The van der Waals surface area contributed by atoms with Gasteiger partial charge in [0.1, 0.15) is 0 Å². The SMILES string of the molecule is C=C(C)[O-].CC(=O)c1ccccc1. The number of ketones is 1. The molecule has 0 radical (unpaired) electrons. The largest absolute Gasteiger partial charge is 0.876 e. The highest BCUT2D eigenvalue weighted by molar-refractivity contribution is 5.93. The number of carbonyl (C=O) groups is 1. The van der Waals surface area contributed by atoms with Gasteiger partial charge in [-0.1, -0.05) is 37.3 Å². The maximum absolute atomic E-state index is 10.6. The Morgan fingerprint density at radius 3 is 1.85 bits per heavy atom. The van der Waals surface area contributed by atoms with Gasteiger partial charge in [-0.15, -0.1) is 12.3 Å². The average molecular weight is 177 g/mol. The molecule has 13 heavy (non-hydrogen) atoms. The van der Waals surface area contributed by atoms with Gasteiger partial charge >= 0.3 is 0 Å². The molecule has 0 aromatic heterocycles. The number of benzene rings is 1. The monoisotopic (exact) mass is 177 g/mol. The van der Waals surface area contributed by atoms with Gasteiger partial charge in [-0.2, -0.15) is 0 Å². The van der Waals surface area contributed by atoms with Crippen molar-refractivity contribution in [3.05, 3.63) is 48.2 Å². The molecule has 0 amide bonds. The molecule has 0 aliphatic carbocycles. The highest BCUT2D eigenvalue weighted by Crippen LogP contribution is 1.97. The Hall–Kier alpha value is -1.57. The molecule has 0 unspecified atom stereocenters. The molecule has 70 valence electrons. The van der Waals surface area contributed by atoms with Gasteiger partial charge in [0, 0.05) is 5.56 Å². The van der Waals surface area contributed by atoms with Gasteiger partial charge in [-0.25, -0.2) is 0 Å². The van der Waals surface area contributed by atoms with Crippen LogP contribution in [0.2, 0.25) is 0 Å². The molecule has 0 saturated heterocycles. The Bertz CT molecular complexity index is 271. The number of allylic oxidation sites excluding steroid dienone is 1. The topological polar surface area (TPSA) is 40.1 Å². The minimum atomic E-state index is -0.0833. The quantitative estimate of drug-likeness (QED) is 0.484. The van der Waals surface area contributed by atoms with Crippen LogP contribution in [-0.4, -0.2) is 5.78 Å². The number of rotatable bonds is 1. The van der Waals surface area contributed by atoms with Crippen LogP contribution in [0.15, 0.2) is 42.7 Å². The second-order valence-corrected chi connectivity index (χ2v) is 2.62. The van der Waals surface area contributed by atoms with Crippen molar-refractivity contribution < 1.29 is 9.90 Å². The number of hydrogen-bond donors (Lipinski definition) is 0. The van der Waals surface area contributed by atoms with Gasteiger partial charge in [0.05, 0.1) is 0 Å². The van der Waals surface area contributed by atoms with E-state index in [1.807, 2.05) is 30.3 Å². The summed E-state index contributed by atoms with van der Waals surface area (Å²) in [4.78, 5) is 10.6. The van der Waals surface area contributed by atoms with E-state index in [1.54, 1.807) is 6.92 Å². The first-order valence-electron chi connectivity index (χ1n) is 3.92. The molecule has 0 fully saturated rings. The lowest BCUT2D eigenvalue weighted by Gasteiger charge is -1.92. The van der Waals surface area contributed by atoms with Crippen molar-refractivity contribution in [1.29, 1.82) is 0 Å². The van der Waals surface area contributed by atoms with Crippen molar-refractivity contribution in [2.45, 2.75) is 13.8 Å². The number of Topliss-reactive ketones (excluding diaryl/α,β-unsaturated/α-hetero) is 1. The molecule has 0 bridgehead atoms. The maximum atomic E-state index is 10.6. The van der Waals surface area contributed by atoms with Gasteiger partial charge in [-0.3, -0.25) is 4.79 Å². The summed E-state index contributed by atoms with van der Waals surface area (Å²) in [7, 11) is 0. The van der Waals surface area contributed by atoms with Crippen LogP contribution in [0.25, 0.3) is 0 Å². The molecular formula is C11H13O2-. The molecule has 0 atom stereocenters. The molecule has 1 aromatic rings. The first-order chi connectivity index (χ1) is 6.04. The van der Waals surface area contributed by atoms with Gasteiger partial charge in [0.2, 0.25) is 0 Å². The molecule has 1 aromatic carbocycles. The Labute approximate surface area is 78.5 Å². The summed E-state index contributed by atoms with van der Waals surface area (Å²) in [5.74, 6) is 0.0376. The summed E-state index contributed by atoms with van der Waals surface area (Å²) in [5.41, 5.74) is 0.775. The average Bonchev–Trinajstić information content (AvgIpc) is 2.05. The van der Waals surface area contributed by atoms with Crippen molar-refractivity contribution >= 4 is 5.78 Å². The van der Waals surface area contributed by atoms with E-state index in [-0.39, 0.29) is 11.5 Å². The Morgan fingerprint density at radius 1 is 1.23 bits per heavy atom. The van der Waals surface area contributed by atoms with Gasteiger partial charge in [-0.05, 0) is 6.92 Å². The lowest BCUT2D eigenvalue weighted by atomic mass is 10.2. The van der Waals surface area contributed by atoms with Crippen LogP contribution in [0.4, 0.5) is 0 Å². The zero-order valence-corrected chi connectivity index (χ0v) is 7.91. The first kappa shape index (κ1) is 11.4. The van der Waals surface area contributed by atoms with Crippen LogP contribution in [0.5, 0.6) is 0 Å². The molecule has 0 spiro atoms. The molecule has 0 aliphatic heterocycles. The molecule has 2 heteroatoms. The standard InChI is InChI=1S/C8H8O.C3H6O/c1-7(9)8-5-3-2-4-6-8;1-3(2)4/h2-6H,1H3;4H,1H2,2H3/p-1. The smallest absolute Gasteiger partial charge is 0.159 e. The van der Waals surface area contributed by atoms with Gasteiger partial charge in [0.25, 0.3) is 0 Å². The lowest BCUT2D eigenvalue weighted by Crippen LogP contribution is -1.92. The maximum Gasteiger partial charge on any atom is 0.159 e. The zero-order valence-electron chi connectivity index (χ0n) is 7.91. The van der Waals surface area contributed by atoms with Crippen molar-refractivity contribution in [1.82, 2.24) is 0 Å². The van der Waals surface area contributed by atoms with Crippen LogP contribution in [-0.2, 0) is 0 Å². The van der Waals surface area contributed by atoms with Crippen LogP contribution >= 0.6 is 0 Å². The highest BCUT2D eigenvalue weighted by atomic mass is 16.3. The molecule has 1 rings (SSSR count). The molecule has 0 aliphatic rings. The molecule has 0 N–H and O–H groups in total. The molecule has 0 saturated carbocycles. The summed E-state index contributed by atoms with van der Waals surface area (Å²) in [6.07, 6.45) is 0. The third-order valence-corrected chi connectivity index (χ3v) is 1.18. The first-order valence-corrected chi connectivity index (χ1v) is 3.92. The third-order valence-electron chi connectivity index (χ3n) is 1.18. The van der Waals surface area contributed by atoms with E-state index < -0.39 is 0 Å².